The van der Waals surface area contributed by atoms with Crippen molar-refractivity contribution in [3.63, 3.8) is 0 Å². The number of hydrogen-bond donors (Lipinski definition) is 1. The van der Waals surface area contributed by atoms with Gasteiger partial charge in [-0.25, -0.2) is 0 Å². The van der Waals surface area contributed by atoms with E-state index < -0.39 is 0 Å². The summed E-state index contributed by atoms with van der Waals surface area (Å²) in [7, 11) is 0. The van der Waals surface area contributed by atoms with Gasteiger partial charge in [-0.2, -0.15) is 0 Å². The Kier molecular flexibility index (Phi) is 17.1. The van der Waals surface area contributed by atoms with Gasteiger partial charge >= 0.3 is 0 Å². The highest BCUT2D eigenvalue weighted by molar-refractivity contribution is 4.33. The van der Waals surface area contributed by atoms with Gasteiger partial charge in [0, 0.05) is 19.3 Å². The van der Waals surface area contributed by atoms with E-state index in [1.54, 1.807) is 13.8 Å². The largest absolute Gasteiger partial charge is 0.394 e. The molecule has 0 unspecified atom stereocenters. The van der Waals surface area contributed by atoms with E-state index in [-0.39, 0.29) is 6.10 Å². The van der Waals surface area contributed by atoms with Crippen LogP contribution < -0.4 is 0 Å². The van der Waals surface area contributed by atoms with Gasteiger partial charge in [0.15, 0.2) is 0 Å². The van der Waals surface area contributed by atoms with Gasteiger partial charge in [-0.1, -0.05) is 26.7 Å². The molecule has 0 aliphatic rings. The van der Waals surface area contributed by atoms with Crippen molar-refractivity contribution in [2.45, 2.75) is 59.5 Å². The van der Waals surface area contributed by atoms with E-state index in [0.29, 0.717) is 0 Å². The fourth-order valence-corrected chi connectivity index (χ4v) is 0.595. The van der Waals surface area contributed by atoms with Crippen LogP contribution in [-0.2, 0) is 4.74 Å². The van der Waals surface area contributed by atoms with Crippen molar-refractivity contribution in [3.8, 4) is 0 Å². The zero-order chi connectivity index (χ0) is 10.5. The summed E-state index contributed by atoms with van der Waals surface area (Å²) < 4.78 is 5.31. The van der Waals surface area contributed by atoms with Crippen molar-refractivity contribution >= 4 is 0 Å². The van der Waals surface area contributed by atoms with Crippen LogP contribution in [0, 0.1) is 0 Å². The van der Waals surface area contributed by atoms with Crippen LogP contribution in [0.2, 0.25) is 0 Å². The zero-order valence-electron chi connectivity index (χ0n) is 9.68. The first-order chi connectivity index (χ1) is 6.15. The molecule has 0 radical (unpaired) electrons. The third kappa shape index (κ3) is 33.5. The maximum absolute atomic E-state index is 8.06. The minimum atomic E-state index is -0.167. The fraction of sp³-hybridized carbons (Fsp3) is 1.00. The Hall–Kier alpha value is -0.0800. The van der Waals surface area contributed by atoms with Crippen molar-refractivity contribution in [3.05, 3.63) is 0 Å². The van der Waals surface area contributed by atoms with Gasteiger partial charge in [0.25, 0.3) is 0 Å². The Morgan fingerprint density at radius 3 is 1.54 bits per heavy atom. The summed E-state index contributed by atoms with van der Waals surface area (Å²) in [5, 5.41) is 8.06. The summed E-state index contributed by atoms with van der Waals surface area (Å²) in [4.78, 5) is 0. The fourth-order valence-electron chi connectivity index (χ4n) is 0.595. The van der Waals surface area contributed by atoms with E-state index in [1.165, 1.54) is 25.7 Å². The summed E-state index contributed by atoms with van der Waals surface area (Å²) in [5.41, 5.74) is 0. The Bertz CT molecular complexity index is 63.7. The molecular formula is C11H26O2. The number of aliphatic hydroxyl groups is 1. The van der Waals surface area contributed by atoms with Gasteiger partial charge in [0.05, 0.1) is 0 Å². The van der Waals surface area contributed by atoms with E-state index in [9.17, 15) is 0 Å². The Morgan fingerprint density at radius 2 is 1.31 bits per heavy atom. The zero-order valence-corrected chi connectivity index (χ0v) is 9.68. The molecule has 0 atom stereocenters. The van der Waals surface area contributed by atoms with Crippen molar-refractivity contribution in [2.24, 2.45) is 0 Å². The molecule has 0 fully saturated rings. The second-order valence-corrected chi connectivity index (χ2v) is 3.41. The first-order valence-electron chi connectivity index (χ1n) is 5.40. The molecule has 82 valence electrons. The van der Waals surface area contributed by atoms with Gasteiger partial charge in [-0.15, -0.1) is 0 Å². The smallest absolute Gasteiger partial charge is 0.0483 e. The molecule has 0 rings (SSSR count). The third-order valence-corrected chi connectivity index (χ3v) is 1.28. The molecule has 2 nitrogen and oxygen atoms in total. The maximum Gasteiger partial charge on any atom is 0.0483 e. The lowest BCUT2D eigenvalue weighted by Crippen LogP contribution is -1.95. The van der Waals surface area contributed by atoms with E-state index in [4.69, 9.17) is 9.84 Å². The molecule has 0 aliphatic carbocycles. The van der Waals surface area contributed by atoms with Crippen LogP contribution in [0.25, 0.3) is 0 Å². The number of rotatable bonds is 6. The topological polar surface area (TPSA) is 29.5 Å². The average molecular weight is 190 g/mol. The first-order valence-corrected chi connectivity index (χ1v) is 5.40. The lowest BCUT2D eigenvalue weighted by Gasteiger charge is -1.99. The summed E-state index contributed by atoms with van der Waals surface area (Å²) >= 11 is 0. The minimum absolute atomic E-state index is 0.167. The van der Waals surface area contributed by atoms with Crippen LogP contribution in [0.15, 0.2) is 0 Å². The van der Waals surface area contributed by atoms with Gasteiger partial charge in [-0.05, 0) is 26.7 Å². The number of hydrogen-bond acceptors (Lipinski definition) is 2. The molecule has 0 heterocycles. The lowest BCUT2D eigenvalue weighted by atomic mass is 10.3. The highest BCUT2D eigenvalue weighted by atomic mass is 16.5. The Morgan fingerprint density at radius 1 is 1.00 bits per heavy atom. The van der Waals surface area contributed by atoms with Crippen molar-refractivity contribution in [2.75, 3.05) is 13.2 Å². The molecule has 0 aromatic heterocycles. The number of ether oxygens (including phenoxy) is 1. The van der Waals surface area contributed by atoms with Crippen LogP contribution in [0.4, 0.5) is 0 Å². The summed E-state index contributed by atoms with van der Waals surface area (Å²) in [6, 6.07) is 0. The van der Waals surface area contributed by atoms with Crippen LogP contribution in [0.1, 0.15) is 53.4 Å². The molecule has 0 aromatic rings. The average Bonchev–Trinajstić information content (AvgIpc) is 2.03. The monoisotopic (exact) mass is 190 g/mol. The molecule has 0 saturated carbocycles. The van der Waals surface area contributed by atoms with Crippen LogP contribution >= 0.6 is 0 Å². The van der Waals surface area contributed by atoms with E-state index in [2.05, 4.69) is 13.8 Å². The van der Waals surface area contributed by atoms with Crippen molar-refractivity contribution < 1.29 is 9.84 Å². The summed E-state index contributed by atoms with van der Waals surface area (Å²) in [5.74, 6) is 0. The Balaban J connectivity index is 0. The molecule has 0 spiro atoms. The quantitative estimate of drug-likeness (QED) is 0.652. The van der Waals surface area contributed by atoms with Gasteiger partial charge in [0.2, 0.25) is 0 Å². The van der Waals surface area contributed by atoms with Crippen LogP contribution in [-0.4, -0.2) is 24.4 Å². The van der Waals surface area contributed by atoms with Crippen molar-refractivity contribution in [1.82, 2.24) is 0 Å². The van der Waals surface area contributed by atoms with Crippen LogP contribution in [0.3, 0.4) is 0 Å². The van der Waals surface area contributed by atoms with E-state index >= 15 is 0 Å². The van der Waals surface area contributed by atoms with E-state index in [0.717, 1.165) is 13.2 Å². The third-order valence-electron chi connectivity index (χ3n) is 1.28. The molecule has 0 aliphatic heterocycles. The summed E-state index contributed by atoms with van der Waals surface area (Å²) in [6.07, 6.45) is 4.74. The highest BCUT2D eigenvalue weighted by Crippen LogP contribution is 1.91. The Labute approximate surface area is 83.3 Å². The molecule has 0 saturated heterocycles. The van der Waals surface area contributed by atoms with Gasteiger partial charge in [0.1, 0.15) is 0 Å². The molecule has 0 bridgehead atoms. The molecule has 0 aromatic carbocycles. The number of aliphatic hydroxyl groups excluding tert-OH is 1. The maximum atomic E-state index is 8.06. The predicted octanol–water partition coefficient (Wildman–Crippen LogP) is 2.99. The highest BCUT2D eigenvalue weighted by Gasteiger charge is 1.84. The molecule has 2 heteroatoms. The number of unbranched alkanes of at least 4 members (excludes halogenated alkanes) is 2. The SMILES string of the molecule is CC(C)O.CCCCOCCCC. The molecule has 1 N–H and O–H groups in total. The standard InChI is InChI=1S/C8H18O.C3H8O/c1-3-5-7-9-8-6-4-2;1-3(2)4/h3-8H2,1-2H3;3-4H,1-2H3. The molecule has 0 amide bonds. The first kappa shape index (κ1) is 15.4. The van der Waals surface area contributed by atoms with Gasteiger partial charge < -0.3 is 9.84 Å². The molecular weight excluding hydrogens is 164 g/mol. The normalized spacial score (nSPS) is 9.69. The minimum Gasteiger partial charge on any atom is -0.394 e. The molecule has 13 heavy (non-hydrogen) atoms. The lowest BCUT2D eigenvalue weighted by molar-refractivity contribution is 0.128. The van der Waals surface area contributed by atoms with Crippen molar-refractivity contribution in [1.29, 1.82) is 0 Å². The van der Waals surface area contributed by atoms with Gasteiger partial charge in [-0.3, -0.25) is 0 Å². The predicted molar refractivity (Wildman–Crippen MR) is 58.0 cm³/mol. The summed E-state index contributed by atoms with van der Waals surface area (Å²) in [6.45, 7) is 9.72. The second kappa shape index (κ2) is 14.4. The van der Waals surface area contributed by atoms with E-state index in [1.807, 2.05) is 0 Å². The van der Waals surface area contributed by atoms with Crippen LogP contribution in [0.5, 0.6) is 0 Å². The second-order valence-electron chi connectivity index (χ2n) is 3.41.